The predicted molar refractivity (Wildman–Crippen MR) is 121 cm³/mol. The van der Waals surface area contributed by atoms with E-state index in [1.54, 1.807) is 16.8 Å². The maximum absolute atomic E-state index is 14.0. The number of nitrogens with one attached hydrogen (secondary N) is 1. The highest BCUT2D eigenvalue weighted by Crippen LogP contribution is 2.51. The van der Waals surface area contributed by atoms with Crippen LogP contribution in [-0.2, 0) is 31.3 Å². The van der Waals surface area contributed by atoms with Gasteiger partial charge in [-0.25, -0.2) is 13.9 Å². The molecule has 5 nitrogen and oxygen atoms in total. The van der Waals surface area contributed by atoms with Crippen molar-refractivity contribution >= 4 is 5.65 Å². The van der Waals surface area contributed by atoms with Crippen molar-refractivity contribution in [1.29, 1.82) is 0 Å². The second kappa shape index (κ2) is 7.86. The van der Waals surface area contributed by atoms with Crippen LogP contribution in [0.1, 0.15) is 40.9 Å². The SMILES string of the molecule is OCc1nn2c3c(cnc2c1-c1ccc(C(F)(F)F)cc1)CN[C@]3(Cc1cccc(F)c1)C1CC1. The topological polar surface area (TPSA) is 62.5 Å². The standard InChI is InChI=1S/C26H22F4N4O/c27-20-3-1-2-15(10-20)11-25(18-8-9-18)23-17(13-32-25)12-31-24-22(21(14-35)33-34(23)24)16-4-6-19(7-5-16)26(28,29)30/h1-7,10,12,18,32,35H,8-9,11,13-14H2/t25-/m1/s1. The minimum Gasteiger partial charge on any atom is -0.390 e. The first-order chi connectivity index (χ1) is 16.8. The lowest BCUT2D eigenvalue weighted by molar-refractivity contribution is -0.137. The van der Waals surface area contributed by atoms with Crippen LogP contribution >= 0.6 is 0 Å². The zero-order valence-electron chi connectivity index (χ0n) is 18.6. The minimum atomic E-state index is -4.44. The van der Waals surface area contributed by atoms with Gasteiger partial charge in [0.15, 0.2) is 5.65 Å². The van der Waals surface area contributed by atoms with Gasteiger partial charge in [0.05, 0.1) is 34.7 Å². The van der Waals surface area contributed by atoms with Crippen LogP contribution in [-0.4, -0.2) is 19.7 Å². The predicted octanol–water partition coefficient (Wildman–Crippen LogP) is 5.00. The van der Waals surface area contributed by atoms with Gasteiger partial charge in [-0.3, -0.25) is 0 Å². The van der Waals surface area contributed by atoms with Crippen molar-refractivity contribution in [2.45, 2.75) is 44.1 Å². The third kappa shape index (κ3) is 3.61. The molecule has 2 aromatic carbocycles. The van der Waals surface area contributed by atoms with Gasteiger partial charge in [0.2, 0.25) is 0 Å². The van der Waals surface area contributed by atoms with Gasteiger partial charge in [-0.1, -0.05) is 24.3 Å². The molecule has 1 fully saturated rings. The number of rotatable bonds is 5. The second-order valence-corrected chi connectivity index (χ2v) is 9.33. The fourth-order valence-electron chi connectivity index (χ4n) is 5.41. The number of alkyl halides is 3. The van der Waals surface area contributed by atoms with Crippen molar-refractivity contribution in [2.24, 2.45) is 5.92 Å². The van der Waals surface area contributed by atoms with Crippen molar-refractivity contribution in [3.8, 4) is 11.1 Å². The molecule has 2 aromatic heterocycles. The fourth-order valence-corrected chi connectivity index (χ4v) is 5.41. The van der Waals surface area contributed by atoms with Crippen LogP contribution in [0.4, 0.5) is 17.6 Å². The number of hydrogen-bond acceptors (Lipinski definition) is 4. The van der Waals surface area contributed by atoms with E-state index in [1.165, 1.54) is 24.3 Å². The van der Waals surface area contributed by atoms with Crippen LogP contribution in [0.3, 0.4) is 0 Å². The molecule has 2 N–H and O–H groups in total. The molecule has 3 heterocycles. The fraction of sp³-hybridized carbons (Fsp3) is 0.308. The number of fused-ring (bicyclic) bond motifs is 3. The van der Waals surface area contributed by atoms with E-state index in [4.69, 9.17) is 0 Å². The zero-order chi connectivity index (χ0) is 24.4. The van der Waals surface area contributed by atoms with E-state index in [9.17, 15) is 22.7 Å². The van der Waals surface area contributed by atoms with Gasteiger partial charge >= 0.3 is 6.18 Å². The van der Waals surface area contributed by atoms with E-state index < -0.39 is 17.3 Å². The van der Waals surface area contributed by atoms with Crippen molar-refractivity contribution in [3.05, 3.63) is 88.6 Å². The van der Waals surface area contributed by atoms with Crippen molar-refractivity contribution in [2.75, 3.05) is 0 Å². The van der Waals surface area contributed by atoms with Crippen LogP contribution in [0, 0.1) is 11.7 Å². The van der Waals surface area contributed by atoms with E-state index >= 15 is 0 Å². The molecule has 4 aromatic rings. The Morgan fingerprint density at radius 2 is 1.89 bits per heavy atom. The molecule has 0 radical (unpaired) electrons. The molecule has 0 unspecified atom stereocenters. The molecule has 35 heavy (non-hydrogen) atoms. The van der Waals surface area contributed by atoms with Gasteiger partial charge in [0.25, 0.3) is 0 Å². The molecule has 180 valence electrons. The molecule has 1 saturated carbocycles. The van der Waals surface area contributed by atoms with Crippen LogP contribution < -0.4 is 5.32 Å². The average molecular weight is 482 g/mol. The number of nitrogens with zero attached hydrogens (tertiary/aromatic N) is 3. The highest BCUT2D eigenvalue weighted by molar-refractivity contribution is 5.80. The Hall–Kier alpha value is -3.30. The van der Waals surface area contributed by atoms with E-state index in [0.717, 1.165) is 41.8 Å². The number of aliphatic hydroxyl groups excluding tert-OH is 1. The lowest BCUT2D eigenvalue weighted by Crippen LogP contribution is -2.42. The van der Waals surface area contributed by atoms with Gasteiger partial charge < -0.3 is 10.4 Å². The molecular formula is C26H22F4N4O. The first kappa shape index (κ1) is 22.2. The summed E-state index contributed by atoms with van der Waals surface area (Å²) in [6, 6.07) is 11.4. The van der Waals surface area contributed by atoms with Gasteiger partial charge in [-0.05, 0) is 60.6 Å². The van der Waals surface area contributed by atoms with Crippen LogP contribution in [0.15, 0.2) is 54.7 Å². The van der Waals surface area contributed by atoms with Crippen LogP contribution in [0.2, 0.25) is 0 Å². The first-order valence-electron chi connectivity index (χ1n) is 11.5. The van der Waals surface area contributed by atoms with Crippen LogP contribution in [0.5, 0.6) is 0 Å². The van der Waals surface area contributed by atoms with E-state index in [1.807, 2.05) is 6.07 Å². The molecular weight excluding hydrogens is 460 g/mol. The summed E-state index contributed by atoms with van der Waals surface area (Å²) in [5.41, 5.74) is 3.33. The number of aromatic nitrogens is 3. The summed E-state index contributed by atoms with van der Waals surface area (Å²) in [6.45, 7) is 0.191. The number of benzene rings is 2. The van der Waals surface area contributed by atoms with E-state index in [0.29, 0.717) is 41.4 Å². The Morgan fingerprint density at radius 3 is 2.54 bits per heavy atom. The lowest BCUT2D eigenvalue weighted by atomic mass is 9.83. The maximum Gasteiger partial charge on any atom is 0.416 e. The minimum absolute atomic E-state index is 0.294. The average Bonchev–Trinajstić information content (AvgIpc) is 3.53. The highest BCUT2D eigenvalue weighted by atomic mass is 19.4. The third-order valence-corrected chi connectivity index (χ3v) is 7.11. The van der Waals surface area contributed by atoms with E-state index in [2.05, 4.69) is 15.4 Å². The summed E-state index contributed by atoms with van der Waals surface area (Å²) in [5.74, 6) is 0.0340. The number of halogens is 4. The third-order valence-electron chi connectivity index (χ3n) is 7.11. The monoisotopic (exact) mass is 482 g/mol. The zero-order valence-corrected chi connectivity index (χ0v) is 18.6. The Balaban J connectivity index is 1.52. The molecule has 2 aliphatic rings. The summed E-state index contributed by atoms with van der Waals surface area (Å²) in [5, 5.41) is 18.4. The molecule has 6 rings (SSSR count). The number of aliphatic hydroxyl groups is 1. The van der Waals surface area contributed by atoms with Crippen molar-refractivity contribution < 1.29 is 22.7 Å². The van der Waals surface area contributed by atoms with Crippen LogP contribution in [0.25, 0.3) is 16.8 Å². The normalized spacial score (nSPS) is 19.9. The Bertz CT molecular complexity index is 1430. The molecule has 1 atom stereocenters. The summed E-state index contributed by atoms with van der Waals surface area (Å²) < 4.78 is 55.0. The molecule has 0 amide bonds. The molecule has 0 saturated heterocycles. The first-order valence-corrected chi connectivity index (χ1v) is 11.5. The summed E-state index contributed by atoms with van der Waals surface area (Å²) in [4.78, 5) is 4.60. The molecule has 0 bridgehead atoms. The van der Waals surface area contributed by atoms with Gasteiger partial charge in [0, 0.05) is 18.3 Å². The van der Waals surface area contributed by atoms with E-state index in [-0.39, 0.29) is 12.4 Å². The quantitative estimate of drug-likeness (QED) is 0.393. The smallest absolute Gasteiger partial charge is 0.390 e. The van der Waals surface area contributed by atoms with Crippen molar-refractivity contribution in [3.63, 3.8) is 0 Å². The van der Waals surface area contributed by atoms with Gasteiger partial charge in [0.1, 0.15) is 5.82 Å². The second-order valence-electron chi connectivity index (χ2n) is 9.33. The maximum atomic E-state index is 14.0. The number of hydrogen-bond donors (Lipinski definition) is 2. The van der Waals surface area contributed by atoms with Gasteiger partial charge in [-0.2, -0.15) is 18.3 Å². The Labute approximate surface area is 198 Å². The summed E-state index contributed by atoms with van der Waals surface area (Å²) in [7, 11) is 0. The lowest BCUT2D eigenvalue weighted by Gasteiger charge is -2.31. The summed E-state index contributed by atoms with van der Waals surface area (Å²) in [6.07, 6.45) is -0.0723. The summed E-state index contributed by atoms with van der Waals surface area (Å²) >= 11 is 0. The Morgan fingerprint density at radius 1 is 1.11 bits per heavy atom. The highest BCUT2D eigenvalue weighted by Gasteiger charge is 2.52. The van der Waals surface area contributed by atoms with Gasteiger partial charge in [-0.15, -0.1) is 0 Å². The molecule has 0 spiro atoms. The Kier molecular flexibility index (Phi) is 4.98. The molecule has 1 aliphatic heterocycles. The van der Waals surface area contributed by atoms with Crippen molar-refractivity contribution in [1.82, 2.24) is 19.9 Å². The molecule has 1 aliphatic carbocycles. The molecule has 9 heteroatoms. The largest absolute Gasteiger partial charge is 0.416 e.